The summed E-state index contributed by atoms with van der Waals surface area (Å²) in [5.74, 6) is -0.527. The van der Waals surface area contributed by atoms with Crippen LogP contribution in [0.1, 0.15) is 37.7 Å². The van der Waals surface area contributed by atoms with E-state index in [1.54, 1.807) is 11.6 Å². The van der Waals surface area contributed by atoms with Crippen LogP contribution in [0.15, 0.2) is 36.5 Å². The predicted octanol–water partition coefficient (Wildman–Crippen LogP) is 4.40. The monoisotopic (exact) mass is 355 g/mol. The van der Waals surface area contributed by atoms with E-state index in [9.17, 15) is 4.39 Å². The summed E-state index contributed by atoms with van der Waals surface area (Å²) in [6.45, 7) is 0.263. The van der Waals surface area contributed by atoms with Crippen molar-refractivity contribution < 1.29 is 13.9 Å². The third-order valence-electron chi connectivity index (χ3n) is 4.82. The number of imidazole rings is 1. The Hall–Kier alpha value is -2.63. The van der Waals surface area contributed by atoms with Crippen LogP contribution in [0.2, 0.25) is 0 Å². The van der Waals surface area contributed by atoms with Crippen molar-refractivity contribution in [2.24, 2.45) is 7.05 Å². The van der Waals surface area contributed by atoms with Crippen molar-refractivity contribution in [3.63, 3.8) is 0 Å². The van der Waals surface area contributed by atoms with Crippen LogP contribution in [-0.4, -0.2) is 20.6 Å². The molecule has 0 amide bonds. The SMILES string of the molecule is Cn1c(OC2CCCCC2)nc2cnc(OCc3ccccc3)c(F)c21. The number of pyridine rings is 1. The van der Waals surface area contributed by atoms with E-state index < -0.39 is 5.82 Å². The zero-order valence-electron chi connectivity index (χ0n) is 14.8. The largest absolute Gasteiger partial charge is 0.471 e. The van der Waals surface area contributed by atoms with Gasteiger partial charge in [-0.3, -0.25) is 4.57 Å². The fraction of sp³-hybridized carbons (Fsp3) is 0.400. The second-order valence-corrected chi connectivity index (χ2v) is 6.72. The third kappa shape index (κ3) is 3.36. The van der Waals surface area contributed by atoms with Crippen molar-refractivity contribution in [1.29, 1.82) is 0 Å². The average Bonchev–Trinajstić information content (AvgIpc) is 2.99. The summed E-state index contributed by atoms with van der Waals surface area (Å²) in [4.78, 5) is 8.50. The van der Waals surface area contributed by atoms with Gasteiger partial charge in [-0.05, 0) is 31.2 Å². The maximum absolute atomic E-state index is 14.9. The van der Waals surface area contributed by atoms with Gasteiger partial charge < -0.3 is 9.47 Å². The maximum atomic E-state index is 14.9. The number of benzene rings is 1. The lowest BCUT2D eigenvalue weighted by molar-refractivity contribution is 0.138. The Balaban J connectivity index is 1.57. The fourth-order valence-corrected chi connectivity index (χ4v) is 3.39. The van der Waals surface area contributed by atoms with Gasteiger partial charge in [0.25, 0.3) is 11.9 Å². The van der Waals surface area contributed by atoms with Gasteiger partial charge in [0.15, 0.2) is 0 Å². The van der Waals surface area contributed by atoms with Crippen molar-refractivity contribution in [3.05, 3.63) is 47.9 Å². The molecule has 0 unspecified atom stereocenters. The molecule has 3 aromatic rings. The Morgan fingerprint density at radius 2 is 1.92 bits per heavy atom. The van der Waals surface area contributed by atoms with Crippen LogP contribution >= 0.6 is 0 Å². The van der Waals surface area contributed by atoms with E-state index in [4.69, 9.17) is 9.47 Å². The molecule has 0 aliphatic heterocycles. The minimum absolute atomic E-state index is 0.0198. The molecule has 136 valence electrons. The van der Waals surface area contributed by atoms with E-state index in [1.165, 1.54) is 25.5 Å². The molecule has 0 atom stereocenters. The summed E-state index contributed by atoms with van der Waals surface area (Å²) in [5, 5.41) is 0. The molecular weight excluding hydrogens is 333 g/mol. The molecule has 0 spiro atoms. The smallest absolute Gasteiger partial charge is 0.297 e. The molecule has 1 aliphatic rings. The molecule has 0 saturated heterocycles. The summed E-state index contributed by atoms with van der Waals surface area (Å²) < 4.78 is 28.2. The molecule has 1 aliphatic carbocycles. The van der Waals surface area contributed by atoms with Crippen LogP contribution < -0.4 is 9.47 Å². The summed E-state index contributed by atoms with van der Waals surface area (Å²) >= 11 is 0. The average molecular weight is 355 g/mol. The van der Waals surface area contributed by atoms with E-state index >= 15 is 0 Å². The first-order valence-electron chi connectivity index (χ1n) is 9.06. The van der Waals surface area contributed by atoms with E-state index in [0.717, 1.165) is 18.4 Å². The molecule has 2 aromatic heterocycles. The molecule has 1 saturated carbocycles. The number of halogens is 1. The molecule has 0 radical (unpaired) electrons. The Morgan fingerprint density at radius 1 is 1.15 bits per heavy atom. The van der Waals surface area contributed by atoms with Gasteiger partial charge in [-0.2, -0.15) is 9.37 Å². The van der Waals surface area contributed by atoms with Gasteiger partial charge >= 0.3 is 0 Å². The number of fused-ring (bicyclic) bond motifs is 1. The van der Waals surface area contributed by atoms with Crippen LogP contribution in [0, 0.1) is 5.82 Å². The molecule has 6 heteroatoms. The van der Waals surface area contributed by atoms with Gasteiger partial charge in [0, 0.05) is 7.05 Å². The fourth-order valence-electron chi connectivity index (χ4n) is 3.39. The number of rotatable bonds is 5. The molecule has 1 aromatic carbocycles. The molecule has 0 N–H and O–H groups in total. The number of hydrogen-bond donors (Lipinski definition) is 0. The highest BCUT2D eigenvalue weighted by molar-refractivity contribution is 5.77. The zero-order valence-corrected chi connectivity index (χ0v) is 14.8. The standard InChI is InChI=1S/C20H22FN3O2/c1-24-18-16(23-20(24)26-15-10-6-3-7-11-15)12-22-19(17(18)21)25-13-14-8-4-2-5-9-14/h2,4-5,8-9,12,15H,3,6-7,10-11,13H2,1H3. The topological polar surface area (TPSA) is 49.2 Å². The number of hydrogen-bond acceptors (Lipinski definition) is 4. The molecule has 0 bridgehead atoms. The molecule has 26 heavy (non-hydrogen) atoms. The Kier molecular flexibility index (Phi) is 4.73. The van der Waals surface area contributed by atoms with Crippen LogP contribution in [0.5, 0.6) is 11.9 Å². The molecule has 1 fully saturated rings. The minimum atomic E-state index is -0.507. The van der Waals surface area contributed by atoms with Crippen LogP contribution in [0.25, 0.3) is 11.0 Å². The number of ether oxygens (including phenoxy) is 2. The van der Waals surface area contributed by atoms with Gasteiger partial charge in [0.05, 0.1) is 6.20 Å². The summed E-state index contributed by atoms with van der Waals surface area (Å²) in [5.41, 5.74) is 1.79. The van der Waals surface area contributed by atoms with E-state index in [2.05, 4.69) is 9.97 Å². The lowest BCUT2D eigenvalue weighted by atomic mass is 9.98. The van der Waals surface area contributed by atoms with E-state index in [1.807, 2.05) is 30.3 Å². The van der Waals surface area contributed by atoms with Crippen molar-refractivity contribution in [2.75, 3.05) is 0 Å². The van der Waals surface area contributed by atoms with Gasteiger partial charge in [0.2, 0.25) is 5.82 Å². The van der Waals surface area contributed by atoms with Crippen molar-refractivity contribution in [3.8, 4) is 11.9 Å². The summed E-state index contributed by atoms with van der Waals surface area (Å²) in [6.07, 6.45) is 7.33. The van der Waals surface area contributed by atoms with Crippen molar-refractivity contribution >= 4 is 11.0 Å². The van der Waals surface area contributed by atoms with Crippen LogP contribution in [-0.2, 0) is 13.7 Å². The van der Waals surface area contributed by atoms with Gasteiger partial charge in [-0.1, -0.05) is 36.8 Å². The Morgan fingerprint density at radius 3 is 2.69 bits per heavy atom. The van der Waals surface area contributed by atoms with Gasteiger partial charge in [-0.15, -0.1) is 0 Å². The lowest BCUT2D eigenvalue weighted by Crippen LogP contribution is -2.21. The molecular formula is C20H22FN3O2. The van der Waals surface area contributed by atoms with Crippen LogP contribution in [0.4, 0.5) is 4.39 Å². The van der Waals surface area contributed by atoms with Crippen molar-refractivity contribution in [2.45, 2.75) is 44.8 Å². The first kappa shape index (κ1) is 16.8. The second kappa shape index (κ2) is 7.32. The van der Waals surface area contributed by atoms with Gasteiger partial charge in [-0.25, -0.2) is 4.98 Å². The van der Waals surface area contributed by atoms with E-state index in [0.29, 0.717) is 17.0 Å². The highest BCUT2D eigenvalue weighted by Crippen LogP contribution is 2.29. The molecule has 4 rings (SSSR count). The quantitative estimate of drug-likeness (QED) is 0.681. The number of aromatic nitrogens is 3. The van der Waals surface area contributed by atoms with Crippen molar-refractivity contribution in [1.82, 2.24) is 14.5 Å². The summed E-state index contributed by atoms with van der Waals surface area (Å²) in [6, 6.07) is 10.1. The number of nitrogens with zero attached hydrogens (tertiary/aromatic N) is 3. The number of aryl methyl sites for hydroxylation is 1. The highest BCUT2D eigenvalue weighted by atomic mass is 19.1. The predicted molar refractivity (Wildman–Crippen MR) is 96.7 cm³/mol. The van der Waals surface area contributed by atoms with Gasteiger partial charge in [0.1, 0.15) is 23.7 Å². The first-order chi connectivity index (χ1) is 12.7. The maximum Gasteiger partial charge on any atom is 0.297 e. The molecule has 2 heterocycles. The Labute approximate surface area is 151 Å². The van der Waals surface area contributed by atoms with E-state index in [-0.39, 0.29) is 18.6 Å². The lowest BCUT2D eigenvalue weighted by Gasteiger charge is -2.22. The molecule has 5 nitrogen and oxygen atoms in total. The third-order valence-corrected chi connectivity index (χ3v) is 4.82. The summed E-state index contributed by atoms with van der Waals surface area (Å²) in [7, 11) is 1.76. The Bertz CT molecular complexity index is 889. The normalized spacial score (nSPS) is 15.3. The highest BCUT2D eigenvalue weighted by Gasteiger charge is 2.21. The first-order valence-corrected chi connectivity index (χ1v) is 9.06. The zero-order chi connectivity index (χ0) is 17.9. The minimum Gasteiger partial charge on any atom is -0.471 e. The van der Waals surface area contributed by atoms with Crippen LogP contribution in [0.3, 0.4) is 0 Å². The second-order valence-electron chi connectivity index (χ2n) is 6.72.